The fourth-order valence-electron chi connectivity index (χ4n) is 2.25. The summed E-state index contributed by atoms with van der Waals surface area (Å²) in [5.74, 6) is 0.860. The molecule has 14 heavy (non-hydrogen) atoms. The maximum absolute atomic E-state index is 11.9. The Bertz CT molecular complexity index is 225. The van der Waals surface area contributed by atoms with Crippen LogP contribution < -0.4 is 0 Å². The highest BCUT2D eigenvalue weighted by molar-refractivity contribution is 6.77. The molecule has 1 amide bonds. The largest absolute Gasteiger partial charge is 0.343 e. The molecular weight excluding hydrogens is 190 g/mol. The van der Waals surface area contributed by atoms with Crippen LogP contribution in [-0.2, 0) is 4.79 Å². The lowest BCUT2D eigenvalue weighted by molar-refractivity contribution is -0.137. The quantitative estimate of drug-likeness (QED) is 0.610. The molecule has 80 valence electrons. The third kappa shape index (κ3) is 2.02. The molecule has 1 saturated carbocycles. The van der Waals surface area contributed by atoms with Crippen LogP contribution in [0.2, 0.25) is 25.2 Å². The van der Waals surface area contributed by atoms with Gasteiger partial charge >= 0.3 is 0 Å². The summed E-state index contributed by atoms with van der Waals surface area (Å²) in [5.41, 5.74) is 0. The van der Waals surface area contributed by atoms with E-state index in [1.165, 1.54) is 18.5 Å². The molecule has 2 rings (SSSR count). The molecule has 0 N–H and O–H groups in total. The molecule has 0 spiro atoms. The average molecular weight is 211 g/mol. The minimum Gasteiger partial charge on any atom is -0.343 e. The first-order chi connectivity index (χ1) is 6.58. The van der Waals surface area contributed by atoms with E-state index in [4.69, 9.17) is 0 Å². The zero-order valence-corrected chi connectivity index (χ0v) is 10.4. The van der Waals surface area contributed by atoms with E-state index in [0.29, 0.717) is 11.8 Å². The molecule has 1 heterocycles. The Balaban J connectivity index is 1.85. The smallest absolute Gasteiger partial charge is 0.225 e. The third-order valence-electron chi connectivity index (χ3n) is 3.88. The zero-order chi connectivity index (χ0) is 10.2. The van der Waals surface area contributed by atoms with Gasteiger partial charge in [-0.2, -0.15) is 0 Å². The first kappa shape index (κ1) is 10.2. The van der Waals surface area contributed by atoms with Crippen LogP contribution in [0.15, 0.2) is 0 Å². The molecule has 0 aromatic heterocycles. The number of hydrogen-bond acceptors (Lipinski definition) is 1. The van der Waals surface area contributed by atoms with Gasteiger partial charge in [0.2, 0.25) is 5.91 Å². The fourth-order valence-corrected chi connectivity index (χ4v) is 4.25. The number of hydrogen-bond donors (Lipinski definition) is 0. The topological polar surface area (TPSA) is 20.3 Å². The third-order valence-corrected chi connectivity index (χ3v) is 7.04. The predicted molar refractivity (Wildman–Crippen MR) is 61.0 cm³/mol. The van der Waals surface area contributed by atoms with E-state index >= 15 is 0 Å². The van der Waals surface area contributed by atoms with E-state index < -0.39 is 8.07 Å². The lowest BCUT2D eigenvalue weighted by Gasteiger charge is -2.39. The number of carbonyl (C=O) groups excluding carboxylic acids is 1. The van der Waals surface area contributed by atoms with Crippen molar-refractivity contribution in [3.63, 3.8) is 0 Å². The van der Waals surface area contributed by atoms with Crippen molar-refractivity contribution in [2.24, 2.45) is 5.92 Å². The highest BCUT2D eigenvalue weighted by Crippen LogP contribution is 2.30. The monoisotopic (exact) mass is 211 g/mol. The Labute approximate surface area is 87.7 Å². The van der Waals surface area contributed by atoms with Gasteiger partial charge < -0.3 is 4.90 Å². The van der Waals surface area contributed by atoms with Gasteiger partial charge in [0.05, 0.1) is 8.07 Å². The minimum absolute atomic E-state index is 0.401. The summed E-state index contributed by atoms with van der Waals surface area (Å²) >= 11 is 0. The molecule has 3 heteroatoms. The summed E-state index contributed by atoms with van der Waals surface area (Å²) in [7, 11) is -0.899. The Hall–Kier alpha value is -0.313. The minimum atomic E-state index is -0.899. The summed E-state index contributed by atoms with van der Waals surface area (Å²) in [6.07, 6.45) is 3.57. The van der Waals surface area contributed by atoms with Gasteiger partial charge in [0.15, 0.2) is 0 Å². The molecule has 2 aliphatic rings. The van der Waals surface area contributed by atoms with Crippen LogP contribution >= 0.6 is 0 Å². The fraction of sp³-hybridized carbons (Fsp3) is 0.909. The Morgan fingerprint density at radius 1 is 1.21 bits per heavy atom. The Morgan fingerprint density at radius 2 is 1.79 bits per heavy atom. The summed E-state index contributed by atoms with van der Waals surface area (Å²) in [5, 5.41) is 0. The second-order valence-electron chi connectivity index (χ2n) is 5.62. The molecule has 0 radical (unpaired) electrons. The molecule has 0 aromatic rings. The van der Waals surface area contributed by atoms with Crippen LogP contribution in [0.4, 0.5) is 0 Å². The van der Waals surface area contributed by atoms with Crippen LogP contribution in [0.5, 0.6) is 0 Å². The second kappa shape index (κ2) is 3.68. The lowest BCUT2D eigenvalue weighted by Crippen LogP contribution is -2.48. The van der Waals surface area contributed by atoms with Crippen molar-refractivity contribution in [3.05, 3.63) is 0 Å². The normalized spacial score (nSPS) is 27.1. The highest BCUT2D eigenvalue weighted by Gasteiger charge is 2.34. The van der Waals surface area contributed by atoms with E-state index in [1.54, 1.807) is 0 Å². The van der Waals surface area contributed by atoms with Gasteiger partial charge in [0.25, 0.3) is 0 Å². The van der Waals surface area contributed by atoms with Gasteiger partial charge in [0.1, 0.15) is 0 Å². The van der Waals surface area contributed by atoms with Gasteiger partial charge in [-0.15, -0.1) is 0 Å². The molecule has 0 atom stereocenters. The number of carbonyl (C=O) groups is 1. The van der Waals surface area contributed by atoms with Crippen molar-refractivity contribution >= 4 is 14.0 Å². The maximum Gasteiger partial charge on any atom is 0.225 e. The molecule has 1 aliphatic heterocycles. The summed E-state index contributed by atoms with van der Waals surface area (Å²) < 4.78 is 0. The standard InChI is InChI=1S/C11H21NOSi/c1-14(2)8-6-12(7-9-14)11(13)10-4-3-5-10/h10H,3-9H2,1-2H3. The maximum atomic E-state index is 11.9. The number of amides is 1. The van der Waals surface area contributed by atoms with Crippen molar-refractivity contribution in [3.8, 4) is 0 Å². The van der Waals surface area contributed by atoms with E-state index in [1.807, 2.05) is 0 Å². The van der Waals surface area contributed by atoms with Crippen molar-refractivity contribution < 1.29 is 4.79 Å². The summed E-state index contributed by atoms with van der Waals surface area (Å²) in [6.45, 7) is 6.99. The Morgan fingerprint density at radius 3 is 2.21 bits per heavy atom. The van der Waals surface area contributed by atoms with Gasteiger partial charge in [-0.05, 0) is 24.9 Å². The average Bonchev–Trinajstić information content (AvgIpc) is 2.00. The van der Waals surface area contributed by atoms with Crippen molar-refractivity contribution in [2.45, 2.75) is 44.4 Å². The second-order valence-corrected chi connectivity index (χ2v) is 10.9. The first-order valence-electron chi connectivity index (χ1n) is 5.87. The van der Waals surface area contributed by atoms with E-state index in [2.05, 4.69) is 18.0 Å². The van der Waals surface area contributed by atoms with Gasteiger partial charge in [-0.25, -0.2) is 0 Å². The van der Waals surface area contributed by atoms with Crippen LogP contribution in [0.1, 0.15) is 19.3 Å². The van der Waals surface area contributed by atoms with E-state index in [-0.39, 0.29) is 0 Å². The lowest BCUT2D eigenvalue weighted by atomic mass is 9.84. The molecule has 2 nitrogen and oxygen atoms in total. The summed E-state index contributed by atoms with van der Waals surface area (Å²) in [4.78, 5) is 14.1. The molecule has 0 unspecified atom stereocenters. The molecule has 0 bridgehead atoms. The SMILES string of the molecule is C[Si]1(C)CCN(C(=O)C2CCC2)CC1. The van der Waals surface area contributed by atoms with Gasteiger partial charge in [0, 0.05) is 19.0 Å². The van der Waals surface area contributed by atoms with Crippen LogP contribution in [0.3, 0.4) is 0 Å². The van der Waals surface area contributed by atoms with Crippen LogP contribution in [0.25, 0.3) is 0 Å². The Kier molecular flexibility index (Phi) is 2.69. The van der Waals surface area contributed by atoms with E-state index in [9.17, 15) is 4.79 Å². The molecule has 0 aromatic carbocycles. The molecule has 1 aliphatic carbocycles. The molecule has 1 saturated heterocycles. The number of rotatable bonds is 1. The van der Waals surface area contributed by atoms with E-state index in [0.717, 1.165) is 25.9 Å². The van der Waals surface area contributed by atoms with Gasteiger partial charge in [-0.3, -0.25) is 4.79 Å². The predicted octanol–water partition coefficient (Wildman–Crippen LogP) is 2.34. The molecular formula is C11H21NOSi. The van der Waals surface area contributed by atoms with Crippen LogP contribution in [-0.4, -0.2) is 32.0 Å². The van der Waals surface area contributed by atoms with Crippen molar-refractivity contribution in [2.75, 3.05) is 13.1 Å². The van der Waals surface area contributed by atoms with Crippen molar-refractivity contribution in [1.29, 1.82) is 0 Å². The summed E-state index contributed by atoms with van der Waals surface area (Å²) in [6, 6.07) is 2.62. The van der Waals surface area contributed by atoms with Crippen LogP contribution in [0, 0.1) is 5.92 Å². The first-order valence-corrected chi connectivity index (χ1v) is 9.29. The van der Waals surface area contributed by atoms with Crippen molar-refractivity contribution in [1.82, 2.24) is 4.90 Å². The molecule has 2 fully saturated rings. The zero-order valence-electron chi connectivity index (χ0n) is 9.38. The van der Waals surface area contributed by atoms with Gasteiger partial charge in [-0.1, -0.05) is 19.5 Å². The number of nitrogens with zero attached hydrogens (tertiary/aromatic N) is 1. The highest BCUT2D eigenvalue weighted by atomic mass is 28.3.